The van der Waals surface area contributed by atoms with Crippen LogP contribution in [0, 0.1) is 5.92 Å². The number of hydrogen-bond acceptors (Lipinski definition) is 5. The van der Waals surface area contributed by atoms with Crippen molar-refractivity contribution in [3.63, 3.8) is 0 Å². The summed E-state index contributed by atoms with van der Waals surface area (Å²) in [7, 11) is 1.70. The number of anilines is 1. The number of fused-ring (bicyclic) bond motifs is 1. The van der Waals surface area contributed by atoms with Gasteiger partial charge in [0.15, 0.2) is 0 Å². The number of aryl methyl sites for hydroxylation is 1. The van der Waals surface area contributed by atoms with E-state index in [9.17, 15) is 19.2 Å². The molecule has 1 aromatic heterocycles. The van der Waals surface area contributed by atoms with Gasteiger partial charge in [0, 0.05) is 32.5 Å². The Kier molecular flexibility index (Phi) is 4.33. The minimum absolute atomic E-state index is 0.0948. The number of aldehydes is 1. The van der Waals surface area contributed by atoms with E-state index in [1.807, 2.05) is 18.2 Å². The van der Waals surface area contributed by atoms with Crippen LogP contribution in [0.5, 0.6) is 0 Å². The van der Waals surface area contributed by atoms with Crippen LogP contribution in [0.15, 0.2) is 23.0 Å². The van der Waals surface area contributed by atoms with Gasteiger partial charge in [-0.3, -0.25) is 24.0 Å². The zero-order valence-electron chi connectivity index (χ0n) is 15.2. The number of aromatic nitrogens is 2. The normalized spacial score (nSPS) is 21.5. The van der Waals surface area contributed by atoms with Crippen molar-refractivity contribution >= 4 is 34.8 Å². The highest BCUT2D eigenvalue weighted by Crippen LogP contribution is 2.31. The number of rotatable bonds is 3. The van der Waals surface area contributed by atoms with Gasteiger partial charge in [0.2, 0.25) is 11.8 Å². The number of para-hydroxylation sites is 1. The van der Waals surface area contributed by atoms with E-state index in [0.29, 0.717) is 11.9 Å². The van der Waals surface area contributed by atoms with E-state index in [2.05, 4.69) is 10.2 Å². The third-order valence-corrected chi connectivity index (χ3v) is 5.68. The molecule has 2 aromatic rings. The molecule has 2 aliphatic heterocycles. The number of nitrogens with one attached hydrogen (secondary N) is 1. The Morgan fingerprint density at radius 2 is 1.85 bits per heavy atom. The van der Waals surface area contributed by atoms with Crippen LogP contribution in [0.25, 0.3) is 11.0 Å². The minimum Gasteiger partial charge on any atom is -0.370 e. The maximum atomic E-state index is 12.9. The zero-order chi connectivity index (χ0) is 19.1. The molecule has 1 N–H and O–H groups in total. The van der Waals surface area contributed by atoms with Gasteiger partial charge >= 0.3 is 5.69 Å². The molecule has 142 valence electrons. The molecule has 3 heterocycles. The van der Waals surface area contributed by atoms with Crippen molar-refractivity contribution in [2.75, 3.05) is 18.0 Å². The second-order valence-corrected chi connectivity index (χ2v) is 7.28. The average Bonchev–Trinajstić information content (AvgIpc) is 2.93. The number of carbonyl (C=O) groups excluding carboxylic acids is 3. The Morgan fingerprint density at radius 1 is 1.11 bits per heavy atom. The second kappa shape index (κ2) is 6.68. The number of hydrogen-bond donors (Lipinski definition) is 1. The van der Waals surface area contributed by atoms with Crippen molar-refractivity contribution in [2.45, 2.75) is 31.7 Å². The Balaban J connectivity index is 1.79. The summed E-state index contributed by atoms with van der Waals surface area (Å²) in [5.74, 6) is -0.640. The Hall–Kier alpha value is -2.90. The Morgan fingerprint density at radius 3 is 2.52 bits per heavy atom. The summed E-state index contributed by atoms with van der Waals surface area (Å²) in [5, 5.41) is 2.33. The van der Waals surface area contributed by atoms with E-state index in [4.69, 9.17) is 0 Å². The molecule has 8 heteroatoms. The Labute approximate surface area is 155 Å². The third kappa shape index (κ3) is 2.85. The highest BCUT2D eigenvalue weighted by molar-refractivity contribution is 6.00. The summed E-state index contributed by atoms with van der Waals surface area (Å²) in [4.78, 5) is 49.9. The Bertz CT molecular complexity index is 981. The van der Waals surface area contributed by atoms with Crippen LogP contribution in [0.4, 0.5) is 5.69 Å². The van der Waals surface area contributed by atoms with Gasteiger partial charge in [-0.2, -0.15) is 0 Å². The van der Waals surface area contributed by atoms with Gasteiger partial charge in [-0.1, -0.05) is 6.07 Å². The number of amides is 2. The molecular formula is C19H22N4O4. The van der Waals surface area contributed by atoms with E-state index in [1.165, 1.54) is 4.57 Å². The predicted molar refractivity (Wildman–Crippen MR) is 99.6 cm³/mol. The van der Waals surface area contributed by atoms with Gasteiger partial charge < -0.3 is 9.69 Å². The first-order chi connectivity index (χ1) is 13.0. The fraction of sp³-hybridized carbons (Fsp3) is 0.474. The van der Waals surface area contributed by atoms with Crippen molar-refractivity contribution < 1.29 is 14.4 Å². The lowest BCUT2D eigenvalue weighted by Crippen LogP contribution is -2.44. The van der Waals surface area contributed by atoms with Crippen molar-refractivity contribution in [1.29, 1.82) is 0 Å². The molecule has 0 spiro atoms. The van der Waals surface area contributed by atoms with Gasteiger partial charge in [-0.25, -0.2) is 4.79 Å². The largest absolute Gasteiger partial charge is 0.370 e. The van der Waals surface area contributed by atoms with E-state index in [-0.39, 0.29) is 23.9 Å². The smallest absolute Gasteiger partial charge is 0.329 e. The molecular weight excluding hydrogens is 348 g/mol. The van der Waals surface area contributed by atoms with Crippen molar-refractivity contribution in [3.05, 3.63) is 28.7 Å². The molecule has 27 heavy (non-hydrogen) atoms. The lowest BCUT2D eigenvalue weighted by Gasteiger charge is -2.32. The van der Waals surface area contributed by atoms with Crippen molar-refractivity contribution in [3.8, 4) is 0 Å². The molecule has 0 radical (unpaired) electrons. The molecule has 2 saturated heterocycles. The molecule has 2 amide bonds. The summed E-state index contributed by atoms with van der Waals surface area (Å²) in [6.07, 6.45) is 3.15. The number of imidazole rings is 1. The lowest BCUT2D eigenvalue weighted by molar-refractivity contribution is -0.135. The summed E-state index contributed by atoms with van der Waals surface area (Å²) in [5.41, 5.74) is 2.13. The molecule has 0 unspecified atom stereocenters. The van der Waals surface area contributed by atoms with Crippen LogP contribution in [-0.2, 0) is 21.4 Å². The second-order valence-electron chi connectivity index (χ2n) is 7.28. The monoisotopic (exact) mass is 370 g/mol. The fourth-order valence-electron chi connectivity index (χ4n) is 4.18. The molecule has 2 fully saturated rings. The van der Waals surface area contributed by atoms with Crippen LogP contribution in [0.3, 0.4) is 0 Å². The average molecular weight is 370 g/mol. The summed E-state index contributed by atoms with van der Waals surface area (Å²) in [6.45, 7) is 1.50. The van der Waals surface area contributed by atoms with E-state index in [0.717, 1.165) is 43.4 Å². The maximum absolute atomic E-state index is 12.9. The number of benzene rings is 1. The number of carbonyl (C=O) groups is 3. The van der Waals surface area contributed by atoms with Crippen LogP contribution < -0.4 is 15.9 Å². The molecule has 8 nitrogen and oxygen atoms in total. The molecule has 2 aliphatic rings. The van der Waals surface area contributed by atoms with Gasteiger partial charge in [0.1, 0.15) is 12.3 Å². The van der Waals surface area contributed by atoms with Gasteiger partial charge in [-0.15, -0.1) is 0 Å². The van der Waals surface area contributed by atoms with E-state index < -0.39 is 11.9 Å². The van der Waals surface area contributed by atoms with Gasteiger partial charge in [0.05, 0.1) is 16.7 Å². The number of piperidine rings is 2. The molecule has 0 saturated carbocycles. The predicted octanol–water partition coefficient (Wildman–Crippen LogP) is 0.733. The fourth-order valence-corrected chi connectivity index (χ4v) is 4.18. The lowest BCUT2D eigenvalue weighted by atomic mass is 9.98. The highest BCUT2D eigenvalue weighted by Gasteiger charge is 2.32. The van der Waals surface area contributed by atoms with E-state index in [1.54, 1.807) is 11.6 Å². The summed E-state index contributed by atoms with van der Waals surface area (Å²) < 4.78 is 3.07. The maximum Gasteiger partial charge on any atom is 0.329 e. The SMILES string of the molecule is Cn1c(=O)n([C@H]2CCC(=O)NC2=O)c2cccc(N3CCC(C=O)CC3)c21. The standard InChI is InChI=1S/C19H22N4O4/c1-21-17-13(22-9-7-12(11-24)8-10-22)3-2-4-14(17)23(19(21)27)15-5-6-16(25)20-18(15)26/h2-4,11-12,15H,5-10H2,1H3,(H,20,25,26)/t15-/m0/s1. The quantitative estimate of drug-likeness (QED) is 0.635. The number of imide groups is 1. The number of nitrogens with zero attached hydrogens (tertiary/aromatic N) is 3. The first kappa shape index (κ1) is 17.5. The van der Waals surface area contributed by atoms with Crippen LogP contribution in [-0.4, -0.2) is 40.3 Å². The van der Waals surface area contributed by atoms with Crippen molar-refractivity contribution in [2.24, 2.45) is 13.0 Å². The first-order valence-electron chi connectivity index (χ1n) is 9.25. The van der Waals surface area contributed by atoms with Crippen LogP contribution in [0.2, 0.25) is 0 Å². The van der Waals surface area contributed by atoms with Gasteiger partial charge in [-0.05, 0) is 31.4 Å². The summed E-state index contributed by atoms with van der Waals surface area (Å²) in [6, 6.07) is 5.00. The van der Waals surface area contributed by atoms with Crippen LogP contribution >= 0.6 is 0 Å². The summed E-state index contributed by atoms with van der Waals surface area (Å²) >= 11 is 0. The molecule has 0 aliphatic carbocycles. The minimum atomic E-state index is -0.685. The van der Waals surface area contributed by atoms with Crippen LogP contribution in [0.1, 0.15) is 31.7 Å². The van der Waals surface area contributed by atoms with Crippen molar-refractivity contribution in [1.82, 2.24) is 14.5 Å². The van der Waals surface area contributed by atoms with E-state index >= 15 is 0 Å². The molecule has 1 aromatic carbocycles. The molecule has 1 atom stereocenters. The zero-order valence-corrected chi connectivity index (χ0v) is 15.2. The van der Waals surface area contributed by atoms with Gasteiger partial charge in [0.25, 0.3) is 0 Å². The highest BCUT2D eigenvalue weighted by atomic mass is 16.2. The molecule has 0 bridgehead atoms. The third-order valence-electron chi connectivity index (χ3n) is 5.68. The first-order valence-corrected chi connectivity index (χ1v) is 9.25. The molecule has 4 rings (SSSR count). The topological polar surface area (TPSA) is 93.4 Å².